The van der Waals surface area contributed by atoms with Crippen molar-refractivity contribution in [1.82, 2.24) is 0 Å². The molecule has 1 aromatic heterocycles. The van der Waals surface area contributed by atoms with Crippen LogP contribution in [0, 0.1) is 5.82 Å². The monoisotopic (exact) mass is 425 g/mol. The second-order valence-electron chi connectivity index (χ2n) is 7.09. The number of fused-ring (bicyclic) bond motifs is 2. The third-order valence-electron chi connectivity index (χ3n) is 5.20. The van der Waals surface area contributed by atoms with Gasteiger partial charge in [0.15, 0.2) is 5.43 Å². The van der Waals surface area contributed by atoms with Gasteiger partial charge in [0.1, 0.15) is 10.8 Å². The van der Waals surface area contributed by atoms with Gasteiger partial charge >= 0.3 is 0 Å². The van der Waals surface area contributed by atoms with E-state index in [1.807, 2.05) is 60.7 Å². The molecule has 31 heavy (non-hydrogen) atoms. The molecule has 0 aliphatic rings. The van der Waals surface area contributed by atoms with E-state index in [0.717, 1.165) is 21.0 Å². The standard InChI is InChI=1S/C26H16FNO2S/c27-21-14-5-3-11-19(21)25(30)28-26-23(24(29)20-12-4-6-15-22(20)31-26)18-13-7-9-16-8-1-2-10-17(16)18/h1-15H,(H,28,30). The molecule has 0 bridgehead atoms. The van der Waals surface area contributed by atoms with Crippen LogP contribution in [0.1, 0.15) is 10.4 Å². The van der Waals surface area contributed by atoms with Gasteiger partial charge < -0.3 is 5.32 Å². The van der Waals surface area contributed by atoms with E-state index >= 15 is 0 Å². The minimum absolute atomic E-state index is 0.0702. The smallest absolute Gasteiger partial charge is 0.259 e. The van der Waals surface area contributed by atoms with Crippen LogP contribution >= 0.6 is 11.3 Å². The lowest BCUT2D eigenvalue weighted by Gasteiger charge is -2.14. The van der Waals surface area contributed by atoms with E-state index in [0.29, 0.717) is 16.0 Å². The molecule has 5 aromatic rings. The molecule has 5 rings (SSSR count). The number of halogens is 1. The normalized spacial score (nSPS) is 11.0. The van der Waals surface area contributed by atoms with Crippen molar-refractivity contribution in [3.8, 4) is 11.1 Å². The molecule has 0 atom stereocenters. The van der Waals surface area contributed by atoms with Crippen molar-refractivity contribution in [2.75, 3.05) is 5.32 Å². The highest BCUT2D eigenvalue weighted by Gasteiger charge is 2.20. The Bertz CT molecular complexity index is 1520. The lowest BCUT2D eigenvalue weighted by atomic mass is 9.98. The zero-order valence-corrected chi connectivity index (χ0v) is 17.1. The largest absolute Gasteiger partial charge is 0.313 e. The number of hydrogen-bond donors (Lipinski definition) is 1. The number of benzene rings is 4. The minimum Gasteiger partial charge on any atom is -0.313 e. The molecule has 0 aliphatic heterocycles. The van der Waals surface area contributed by atoms with Crippen molar-refractivity contribution < 1.29 is 9.18 Å². The Morgan fingerprint density at radius 2 is 1.45 bits per heavy atom. The van der Waals surface area contributed by atoms with E-state index in [9.17, 15) is 14.0 Å². The van der Waals surface area contributed by atoms with Crippen LogP contribution in [0.15, 0.2) is 95.8 Å². The highest BCUT2D eigenvalue weighted by Crippen LogP contribution is 2.37. The second-order valence-corrected chi connectivity index (χ2v) is 8.14. The number of anilines is 1. The Balaban J connectivity index is 1.77. The zero-order valence-electron chi connectivity index (χ0n) is 16.3. The molecule has 1 N–H and O–H groups in total. The Kier molecular flexibility index (Phi) is 4.81. The molecule has 1 amide bonds. The van der Waals surface area contributed by atoms with Gasteiger partial charge in [-0.3, -0.25) is 9.59 Å². The molecule has 3 nitrogen and oxygen atoms in total. The van der Waals surface area contributed by atoms with Gasteiger partial charge in [-0.1, -0.05) is 66.7 Å². The van der Waals surface area contributed by atoms with Crippen molar-refractivity contribution in [3.05, 3.63) is 113 Å². The fraction of sp³-hybridized carbons (Fsp3) is 0. The number of hydrogen-bond acceptors (Lipinski definition) is 3. The van der Waals surface area contributed by atoms with E-state index in [4.69, 9.17) is 0 Å². The van der Waals surface area contributed by atoms with Crippen LogP contribution in [0.5, 0.6) is 0 Å². The molecule has 0 unspecified atom stereocenters. The SMILES string of the molecule is O=C(Nc1sc2ccccc2c(=O)c1-c1cccc2ccccc12)c1ccccc1F. The number of carbonyl (C=O) groups is 1. The Morgan fingerprint density at radius 1 is 0.774 bits per heavy atom. The molecule has 1 heterocycles. The first kappa shape index (κ1) is 19.2. The van der Waals surface area contributed by atoms with Crippen LogP contribution in [-0.4, -0.2) is 5.91 Å². The Morgan fingerprint density at radius 3 is 2.29 bits per heavy atom. The quantitative estimate of drug-likeness (QED) is 0.360. The summed E-state index contributed by atoms with van der Waals surface area (Å²) < 4.78 is 14.9. The first-order valence-electron chi connectivity index (χ1n) is 9.73. The number of rotatable bonds is 3. The molecule has 4 aromatic carbocycles. The molecule has 0 radical (unpaired) electrons. The molecular weight excluding hydrogens is 409 g/mol. The van der Waals surface area contributed by atoms with Crippen molar-refractivity contribution >= 4 is 43.1 Å². The average Bonchev–Trinajstić information content (AvgIpc) is 2.79. The third kappa shape index (κ3) is 3.39. The van der Waals surface area contributed by atoms with E-state index in [1.54, 1.807) is 12.1 Å². The Labute approximate surface area is 181 Å². The van der Waals surface area contributed by atoms with Gasteiger partial charge in [-0.2, -0.15) is 0 Å². The van der Waals surface area contributed by atoms with Crippen LogP contribution in [-0.2, 0) is 0 Å². The topological polar surface area (TPSA) is 46.2 Å². The summed E-state index contributed by atoms with van der Waals surface area (Å²) in [6.07, 6.45) is 0. The maximum absolute atomic E-state index is 14.2. The molecule has 0 saturated heterocycles. The summed E-state index contributed by atoms with van der Waals surface area (Å²) in [4.78, 5) is 26.4. The van der Waals surface area contributed by atoms with Gasteiger partial charge in [0.2, 0.25) is 0 Å². The van der Waals surface area contributed by atoms with E-state index < -0.39 is 11.7 Å². The van der Waals surface area contributed by atoms with Gasteiger partial charge in [0.25, 0.3) is 5.91 Å². The summed E-state index contributed by atoms with van der Waals surface area (Å²) in [6.45, 7) is 0. The molecule has 0 spiro atoms. The lowest BCUT2D eigenvalue weighted by molar-refractivity contribution is 0.102. The third-order valence-corrected chi connectivity index (χ3v) is 6.29. The van der Waals surface area contributed by atoms with Crippen LogP contribution < -0.4 is 10.7 Å². The van der Waals surface area contributed by atoms with Crippen molar-refractivity contribution in [3.63, 3.8) is 0 Å². The Hall–Kier alpha value is -3.83. The highest BCUT2D eigenvalue weighted by atomic mass is 32.1. The molecule has 150 valence electrons. The van der Waals surface area contributed by atoms with Gasteiger partial charge in [0, 0.05) is 10.1 Å². The van der Waals surface area contributed by atoms with Crippen LogP contribution in [0.3, 0.4) is 0 Å². The molecule has 0 fully saturated rings. The summed E-state index contributed by atoms with van der Waals surface area (Å²) >= 11 is 1.31. The second kappa shape index (κ2) is 7.78. The highest BCUT2D eigenvalue weighted by molar-refractivity contribution is 7.22. The van der Waals surface area contributed by atoms with Crippen molar-refractivity contribution in [1.29, 1.82) is 0 Å². The summed E-state index contributed by atoms with van der Waals surface area (Å²) in [7, 11) is 0. The molecule has 0 aliphatic carbocycles. The maximum atomic E-state index is 14.2. The average molecular weight is 425 g/mol. The fourth-order valence-corrected chi connectivity index (χ4v) is 4.82. The van der Waals surface area contributed by atoms with Crippen LogP contribution in [0.2, 0.25) is 0 Å². The summed E-state index contributed by atoms with van der Waals surface area (Å²) in [5.74, 6) is -1.20. The van der Waals surface area contributed by atoms with E-state index in [-0.39, 0.29) is 11.0 Å². The van der Waals surface area contributed by atoms with Gasteiger partial charge in [0.05, 0.1) is 11.1 Å². The molecule has 0 saturated carbocycles. The fourth-order valence-electron chi connectivity index (χ4n) is 3.73. The zero-order chi connectivity index (χ0) is 21.4. The summed E-state index contributed by atoms with van der Waals surface area (Å²) in [5.41, 5.74) is 0.896. The number of amides is 1. The van der Waals surface area contributed by atoms with Crippen molar-refractivity contribution in [2.45, 2.75) is 0 Å². The first-order valence-corrected chi connectivity index (χ1v) is 10.5. The lowest BCUT2D eigenvalue weighted by Crippen LogP contribution is -2.16. The number of carbonyl (C=O) groups excluding carboxylic acids is 1. The van der Waals surface area contributed by atoms with Crippen LogP contribution in [0.25, 0.3) is 32.0 Å². The van der Waals surface area contributed by atoms with Gasteiger partial charge in [-0.15, -0.1) is 11.3 Å². The number of nitrogens with one attached hydrogen (secondary N) is 1. The van der Waals surface area contributed by atoms with E-state index in [2.05, 4.69) is 5.32 Å². The van der Waals surface area contributed by atoms with Crippen LogP contribution in [0.4, 0.5) is 9.39 Å². The predicted octanol–water partition coefficient (Wildman–Crippen LogP) is 6.47. The minimum atomic E-state index is -0.611. The maximum Gasteiger partial charge on any atom is 0.259 e. The summed E-state index contributed by atoms with van der Waals surface area (Å²) in [6, 6.07) is 26.6. The molecular formula is C26H16FNO2S. The first-order chi connectivity index (χ1) is 15.1. The van der Waals surface area contributed by atoms with Gasteiger partial charge in [-0.05, 0) is 40.6 Å². The predicted molar refractivity (Wildman–Crippen MR) is 125 cm³/mol. The van der Waals surface area contributed by atoms with Crippen molar-refractivity contribution in [2.24, 2.45) is 0 Å². The molecule has 5 heteroatoms. The summed E-state index contributed by atoms with van der Waals surface area (Å²) in [5, 5.41) is 5.68. The van der Waals surface area contributed by atoms with Gasteiger partial charge in [-0.25, -0.2) is 4.39 Å². The van der Waals surface area contributed by atoms with E-state index in [1.165, 1.54) is 29.5 Å².